The normalized spacial score (nSPS) is 35.0. The van der Waals surface area contributed by atoms with Gasteiger partial charge in [-0.15, -0.1) is 6.58 Å². The Balaban J connectivity index is 2.52. The average Bonchev–Trinajstić information content (AvgIpc) is 2.36. The molecule has 1 saturated carbocycles. The first-order valence-electron chi connectivity index (χ1n) is 3.70. The van der Waals surface area contributed by atoms with E-state index in [4.69, 9.17) is 0 Å². The molecule has 0 aromatic heterocycles. The zero-order valence-corrected chi connectivity index (χ0v) is 6.63. The summed E-state index contributed by atoms with van der Waals surface area (Å²) in [5, 5.41) is 0. The van der Waals surface area contributed by atoms with Crippen molar-refractivity contribution in [1.82, 2.24) is 0 Å². The molecule has 0 saturated heterocycles. The van der Waals surface area contributed by atoms with Crippen LogP contribution in [0.15, 0.2) is 12.7 Å². The van der Waals surface area contributed by atoms with Crippen LogP contribution >= 0.6 is 0 Å². The second-order valence-corrected chi connectivity index (χ2v) is 3.59. The molecule has 2 atom stereocenters. The van der Waals surface area contributed by atoms with Gasteiger partial charge in [0.15, 0.2) is 0 Å². The van der Waals surface area contributed by atoms with Crippen molar-refractivity contribution >= 4 is 6.29 Å². The molecule has 0 heterocycles. The van der Waals surface area contributed by atoms with Gasteiger partial charge in [0.1, 0.15) is 6.29 Å². The molecule has 1 fully saturated rings. The largest absolute Gasteiger partial charge is 0.303 e. The monoisotopic (exact) mass is 138 g/mol. The summed E-state index contributed by atoms with van der Waals surface area (Å²) in [6.45, 7) is 8.11. The van der Waals surface area contributed by atoms with Crippen molar-refractivity contribution in [2.45, 2.75) is 20.3 Å². The SMILES string of the molecule is C=C[C@H]1[C@@H](CC=O)C1(C)C. The number of hydrogen-bond donors (Lipinski definition) is 0. The first-order valence-corrected chi connectivity index (χ1v) is 3.70. The maximum atomic E-state index is 10.2. The van der Waals surface area contributed by atoms with Crippen LogP contribution < -0.4 is 0 Å². The lowest BCUT2D eigenvalue weighted by atomic mass is 10.1. The molecule has 1 rings (SSSR count). The topological polar surface area (TPSA) is 17.1 Å². The van der Waals surface area contributed by atoms with Gasteiger partial charge in [0.2, 0.25) is 0 Å². The third-order valence-electron chi connectivity index (χ3n) is 2.74. The molecule has 1 aliphatic rings. The average molecular weight is 138 g/mol. The highest BCUT2D eigenvalue weighted by Gasteiger charge is 2.54. The fraction of sp³-hybridized carbons (Fsp3) is 0.667. The highest BCUT2D eigenvalue weighted by Crippen LogP contribution is 2.60. The van der Waals surface area contributed by atoms with Crippen molar-refractivity contribution < 1.29 is 4.79 Å². The summed E-state index contributed by atoms with van der Waals surface area (Å²) in [6.07, 6.45) is 3.67. The quantitative estimate of drug-likeness (QED) is 0.431. The minimum Gasteiger partial charge on any atom is -0.303 e. The highest BCUT2D eigenvalue weighted by atomic mass is 16.1. The summed E-state index contributed by atoms with van der Waals surface area (Å²) in [5.41, 5.74) is 0.336. The second-order valence-electron chi connectivity index (χ2n) is 3.59. The molecule has 0 spiro atoms. The van der Waals surface area contributed by atoms with Gasteiger partial charge in [-0.25, -0.2) is 0 Å². The Bertz CT molecular complexity index is 158. The summed E-state index contributed by atoms with van der Waals surface area (Å²) >= 11 is 0. The van der Waals surface area contributed by atoms with E-state index in [9.17, 15) is 4.79 Å². The molecule has 0 unspecified atom stereocenters. The standard InChI is InChI=1S/C9H14O/c1-4-7-8(5-6-10)9(7,2)3/h4,6-8H,1,5H2,2-3H3/t7-,8+/m0/s1. The fourth-order valence-electron chi connectivity index (χ4n) is 1.81. The van der Waals surface area contributed by atoms with E-state index in [0.29, 0.717) is 23.7 Å². The van der Waals surface area contributed by atoms with Crippen molar-refractivity contribution in [2.24, 2.45) is 17.3 Å². The van der Waals surface area contributed by atoms with Gasteiger partial charge in [0, 0.05) is 6.42 Å². The zero-order chi connectivity index (χ0) is 7.78. The van der Waals surface area contributed by atoms with E-state index in [1.807, 2.05) is 6.08 Å². The Labute approximate surface area is 62.1 Å². The van der Waals surface area contributed by atoms with Crippen LogP contribution in [0.3, 0.4) is 0 Å². The molecule has 0 radical (unpaired) electrons. The Morgan fingerprint density at radius 1 is 1.60 bits per heavy atom. The molecular formula is C9H14O. The Hall–Kier alpha value is -0.590. The smallest absolute Gasteiger partial charge is 0.120 e. The van der Waals surface area contributed by atoms with Crippen molar-refractivity contribution in [3.63, 3.8) is 0 Å². The predicted octanol–water partition coefficient (Wildman–Crippen LogP) is 2.03. The van der Waals surface area contributed by atoms with E-state index in [2.05, 4.69) is 20.4 Å². The number of allylic oxidation sites excluding steroid dienone is 1. The van der Waals surface area contributed by atoms with Gasteiger partial charge in [-0.1, -0.05) is 19.9 Å². The van der Waals surface area contributed by atoms with Gasteiger partial charge >= 0.3 is 0 Å². The van der Waals surface area contributed by atoms with Crippen molar-refractivity contribution in [2.75, 3.05) is 0 Å². The van der Waals surface area contributed by atoms with Crippen LogP contribution in [0, 0.1) is 17.3 Å². The van der Waals surface area contributed by atoms with Gasteiger partial charge < -0.3 is 4.79 Å². The predicted molar refractivity (Wildman–Crippen MR) is 41.6 cm³/mol. The molecule has 10 heavy (non-hydrogen) atoms. The van der Waals surface area contributed by atoms with Crippen LogP contribution in [0.25, 0.3) is 0 Å². The maximum Gasteiger partial charge on any atom is 0.120 e. The summed E-state index contributed by atoms with van der Waals surface area (Å²) in [6, 6.07) is 0. The van der Waals surface area contributed by atoms with Crippen molar-refractivity contribution in [3.05, 3.63) is 12.7 Å². The molecule has 1 nitrogen and oxygen atoms in total. The molecule has 0 aromatic rings. The lowest BCUT2D eigenvalue weighted by Gasteiger charge is -1.96. The van der Waals surface area contributed by atoms with Crippen LogP contribution in [0.5, 0.6) is 0 Å². The molecule has 0 aliphatic heterocycles. The van der Waals surface area contributed by atoms with Gasteiger partial charge in [0.05, 0.1) is 0 Å². The minimum absolute atomic E-state index is 0.336. The van der Waals surface area contributed by atoms with Gasteiger partial charge in [-0.2, -0.15) is 0 Å². The molecule has 1 aliphatic carbocycles. The Morgan fingerprint density at radius 3 is 2.50 bits per heavy atom. The number of rotatable bonds is 3. The van der Waals surface area contributed by atoms with Crippen LogP contribution in [-0.4, -0.2) is 6.29 Å². The van der Waals surface area contributed by atoms with E-state index in [1.54, 1.807) is 0 Å². The summed E-state index contributed by atoms with van der Waals surface area (Å²) in [7, 11) is 0. The van der Waals surface area contributed by atoms with Crippen molar-refractivity contribution in [1.29, 1.82) is 0 Å². The molecule has 0 amide bonds. The number of carbonyl (C=O) groups is 1. The second kappa shape index (κ2) is 2.22. The van der Waals surface area contributed by atoms with Crippen LogP contribution in [0.4, 0.5) is 0 Å². The molecule has 0 aromatic carbocycles. The molecule has 56 valence electrons. The summed E-state index contributed by atoms with van der Waals surface area (Å²) < 4.78 is 0. The van der Waals surface area contributed by atoms with Crippen molar-refractivity contribution in [3.8, 4) is 0 Å². The summed E-state index contributed by atoms with van der Waals surface area (Å²) in [5.74, 6) is 1.13. The lowest BCUT2D eigenvalue weighted by Crippen LogP contribution is -1.90. The van der Waals surface area contributed by atoms with E-state index in [-0.39, 0.29) is 0 Å². The third-order valence-corrected chi connectivity index (χ3v) is 2.74. The molecule has 1 heteroatoms. The minimum atomic E-state index is 0.336. The lowest BCUT2D eigenvalue weighted by molar-refractivity contribution is -0.108. The number of aldehydes is 1. The fourth-order valence-corrected chi connectivity index (χ4v) is 1.81. The molecular weight excluding hydrogens is 124 g/mol. The maximum absolute atomic E-state index is 10.2. The highest BCUT2D eigenvalue weighted by molar-refractivity contribution is 5.51. The molecule has 0 bridgehead atoms. The third kappa shape index (κ3) is 0.898. The first-order chi connectivity index (χ1) is 4.64. The van der Waals surface area contributed by atoms with Crippen LogP contribution in [0.2, 0.25) is 0 Å². The summed E-state index contributed by atoms with van der Waals surface area (Å²) in [4.78, 5) is 10.2. The van der Waals surface area contributed by atoms with Crippen LogP contribution in [-0.2, 0) is 4.79 Å². The molecule has 0 N–H and O–H groups in total. The number of hydrogen-bond acceptors (Lipinski definition) is 1. The Kier molecular flexibility index (Phi) is 1.67. The number of carbonyl (C=O) groups excluding carboxylic acids is 1. The van der Waals surface area contributed by atoms with Gasteiger partial charge in [-0.05, 0) is 17.3 Å². The van der Waals surface area contributed by atoms with Gasteiger partial charge in [-0.3, -0.25) is 0 Å². The zero-order valence-electron chi connectivity index (χ0n) is 6.63. The van der Waals surface area contributed by atoms with E-state index < -0.39 is 0 Å². The Morgan fingerprint density at radius 2 is 2.20 bits per heavy atom. The van der Waals surface area contributed by atoms with Gasteiger partial charge in [0.25, 0.3) is 0 Å². The van der Waals surface area contributed by atoms with Crippen LogP contribution in [0.1, 0.15) is 20.3 Å². The van der Waals surface area contributed by atoms with E-state index in [0.717, 1.165) is 6.29 Å². The van der Waals surface area contributed by atoms with E-state index in [1.165, 1.54) is 0 Å². The van der Waals surface area contributed by atoms with E-state index >= 15 is 0 Å². The first kappa shape index (κ1) is 7.52.